The predicted octanol–water partition coefficient (Wildman–Crippen LogP) is 2.38. The SMILES string of the molecule is NC1c2cccc(O)c2NC2CCCCC21. The fourth-order valence-electron chi connectivity index (χ4n) is 3.18. The topological polar surface area (TPSA) is 58.3 Å². The molecule has 1 aliphatic carbocycles. The zero-order valence-corrected chi connectivity index (χ0v) is 9.32. The summed E-state index contributed by atoms with van der Waals surface area (Å²) < 4.78 is 0. The summed E-state index contributed by atoms with van der Waals surface area (Å²) in [5, 5.41) is 13.3. The number of benzene rings is 1. The van der Waals surface area contributed by atoms with E-state index in [1.807, 2.05) is 12.1 Å². The number of rotatable bonds is 0. The first-order valence-electron chi connectivity index (χ1n) is 6.11. The second kappa shape index (κ2) is 3.67. The molecule has 3 nitrogen and oxygen atoms in total. The van der Waals surface area contributed by atoms with Crippen LogP contribution in [0.2, 0.25) is 0 Å². The van der Waals surface area contributed by atoms with E-state index in [9.17, 15) is 5.11 Å². The van der Waals surface area contributed by atoms with E-state index in [1.165, 1.54) is 25.7 Å². The van der Waals surface area contributed by atoms with Crippen molar-refractivity contribution in [3.05, 3.63) is 23.8 Å². The van der Waals surface area contributed by atoms with Gasteiger partial charge >= 0.3 is 0 Å². The normalized spacial score (nSPS) is 32.4. The standard InChI is InChI=1S/C13H18N2O/c14-12-8-4-1-2-6-10(8)15-13-9(12)5-3-7-11(13)16/h3,5,7-8,10,12,15-16H,1-2,4,6,14H2. The molecule has 1 saturated carbocycles. The lowest BCUT2D eigenvalue weighted by atomic mass is 9.75. The van der Waals surface area contributed by atoms with Crippen LogP contribution < -0.4 is 11.1 Å². The number of hydrogen-bond donors (Lipinski definition) is 3. The Balaban J connectivity index is 2.03. The molecule has 0 aromatic heterocycles. The first-order chi connectivity index (χ1) is 7.77. The van der Waals surface area contributed by atoms with Crippen molar-refractivity contribution in [3.8, 4) is 5.75 Å². The van der Waals surface area contributed by atoms with Crippen molar-refractivity contribution < 1.29 is 5.11 Å². The van der Waals surface area contributed by atoms with Crippen LogP contribution in [0.5, 0.6) is 5.75 Å². The third kappa shape index (κ3) is 1.39. The van der Waals surface area contributed by atoms with Crippen LogP contribution in [0.25, 0.3) is 0 Å². The van der Waals surface area contributed by atoms with E-state index in [2.05, 4.69) is 5.32 Å². The van der Waals surface area contributed by atoms with Crippen molar-refractivity contribution in [3.63, 3.8) is 0 Å². The summed E-state index contributed by atoms with van der Waals surface area (Å²) in [5.74, 6) is 0.861. The van der Waals surface area contributed by atoms with Crippen LogP contribution in [0, 0.1) is 5.92 Å². The number of nitrogens with one attached hydrogen (secondary N) is 1. The van der Waals surface area contributed by atoms with Crippen LogP contribution >= 0.6 is 0 Å². The van der Waals surface area contributed by atoms with Crippen LogP contribution in [0.4, 0.5) is 5.69 Å². The highest BCUT2D eigenvalue weighted by Crippen LogP contribution is 2.44. The highest BCUT2D eigenvalue weighted by molar-refractivity contribution is 5.64. The van der Waals surface area contributed by atoms with Crippen LogP contribution in [-0.2, 0) is 0 Å². The van der Waals surface area contributed by atoms with Gasteiger partial charge in [0.15, 0.2) is 0 Å². The molecule has 1 heterocycles. The number of para-hydroxylation sites is 1. The molecule has 86 valence electrons. The van der Waals surface area contributed by atoms with Gasteiger partial charge in [-0.05, 0) is 30.4 Å². The van der Waals surface area contributed by atoms with Gasteiger partial charge in [-0.3, -0.25) is 0 Å². The summed E-state index contributed by atoms with van der Waals surface area (Å²) in [6, 6.07) is 6.15. The Labute approximate surface area is 95.7 Å². The van der Waals surface area contributed by atoms with E-state index in [1.54, 1.807) is 6.07 Å². The molecular weight excluding hydrogens is 200 g/mol. The summed E-state index contributed by atoms with van der Waals surface area (Å²) in [5.41, 5.74) is 8.25. The molecule has 3 atom stereocenters. The van der Waals surface area contributed by atoms with Gasteiger partial charge in [-0.1, -0.05) is 25.0 Å². The number of anilines is 1. The summed E-state index contributed by atoms with van der Waals surface area (Å²) in [6.07, 6.45) is 4.93. The van der Waals surface area contributed by atoms with E-state index in [0.29, 0.717) is 17.7 Å². The lowest BCUT2D eigenvalue weighted by molar-refractivity contribution is 0.269. The van der Waals surface area contributed by atoms with Crippen molar-refractivity contribution in [1.82, 2.24) is 0 Å². The fraction of sp³-hybridized carbons (Fsp3) is 0.538. The molecule has 0 radical (unpaired) electrons. The van der Waals surface area contributed by atoms with E-state index in [4.69, 9.17) is 5.73 Å². The van der Waals surface area contributed by atoms with Crippen molar-refractivity contribution in [2.45, 2.75) is 37.8 Å². The largest absolute Gasteiger partial charge is 0.506 e. The predicted molar refractivity (Wildman–Crippen MR) is 64.4 cm³/mol. The lowest BCUT2D eigenvalue weighted by Gasteiger charge is -2.42. The van der Waals surface area contributed by atoms with Crippen LogP contribution in [0.1, 0.15) is 37.3 Å². The maximum atomic E-state index is 9.85. The minimum absolute atomic E-state index is 0.0775. The van der Waals surface area contributed by atoms with Crippen molar-refractivity contribution >= 4 is 5.69 Å². The van der Waals surface area contributed by atoms with Gasteiger partial charge in [0.1, 0.15) is 5.75 Å². The summed E-state index contributed by atoms with van der Waals surface area (Å²) in [4.78, 5) is 0. The molecule has 0 spiro atoms. The zero-order valence-electron chi connectivity index (χ0n) is 9.32. The Morgan fingerprint density at radius 2 is 2.06 bits per heavy atom. The van der Waals surface area contributed by atoms with Gasteiger partial charge in [0.2, 0.25) is 0 Å². The van der Waals surface area contributed by atoms with Gasteiger partial charge < -0.3 is 16.2 Å². The van der Waals surface area contributed by atoms with Crippen molar-refractivity contribution in [2.75, 3.05) is 5.32 Å². The van der Waals surface area contributed by atoms with E-state index in [-0.39, 0.29) is 6.04 Å². The molecule has 0 saturated heterocycles. The summed E-state index contributed by atoms with van der Waals surface area (Å²) in [7, 11) is 0. The average molecular weight is 218 g/mol. The van der Waals surface area contributed by atoms with Gasteiger partial charge in [-0.2, -0.15) is 0 Å². The highest BCUT2D eigenvalue weighted by atomic mass is 16.3. The highest BCUT2D eigenvalue weighted by Gasteiger charge is 2.36. The first-order valence-corrected chi connectivity index (χ1v) is 6.11. The molecule has 16 heavy (non-hydrogen) atoms. The maximum absolute atomic E-state index is 9.85. The monoisotopic (exact) mass is 218 g/mol. The zero-order chi connectivity index (χ0) is 11.1. The number of hydrogen-bond acceptors (Lipinski definition) is 3. The molecule has 0 bridgehead atoms. The summed E-state index contributed by atoms with van der Waals surface area (Å²) >= 11 is 0. The molecule has 1 aromatic rings. The van der Waals surface area contributed by atoms with Crippen molar-refractivity contribution in [1.29, 1.82) is 0 Å². The van der Waals surface area contributed by atoms with Gasteiger partial charge in [0.25, 0.3) is 0 Å². The molecule has 3 rings (SSSR count). The van der Waals surface area contributed by atoms with Crippen LogP contribution in [-0.4, -0.2) is 11.1 Å². The molecule has 1 fully saturated rings. The van der Waals surface area contributed by atoms with Gasteiger partial charge in [-0.25, -0.2) is 0 Å². The van der Waals surface area contributed by atoms with Crippen LogP contribution in [0.3, 0.4) is 0 Å². The third-order valence-corrected chi connectivity index (χ3v) is 4.04. The fourth-order valence-corrected chi connectivity index (χ4v) is 3.18. The van der Waals surface area contributed by atoms with E-state index in [0.717, 1.165) is 11.3 Å². The lowest BCUT2D eigenvalue weighted by Crippen LogP contribution is -2.43. The Morgan fingerprint density at radius 3 is 2.94 bits per heavy atom. The van der Waals surface area contributed by atoms with E-state index >= 15 is 0 Å². The number of phenols is 1. The van der Waals surface area contributed by atoms with E-state index < -0.39 is 0 Å². The molecule has 0 amide bonds. The van der Waals surface area contributed by atoms with Gasteiger partial charge in [0.05, 0.1) is 5.69 Å². The first kappa shape index (κ1) is 9.97. The number of aromatic hydroxyl groups is 1. The maximum Gasteiger partial charge on any atom is 0.139 e. The number of phenolic OH excluding ortho intramolecular Hbond substituents is 1. The molecule has 1 aromatic carbocycles. The number of nitrogens with two attached hydrogens (primary N) is 1. The molecule has 2 aliphatic rings. The molecular formula is C13H18N2O. The van der Waals surface area contributed by atoms with Gasteiger partial charge in [-0.15, -0.1) is 0 Å². The molecule has 4 N–H and O–H groups in total. The second-order valence-electron chi connectivity index (χ2n) is 4.97. The molecule has 1 aliphatic heterocycles. The third-order valence-electron chi connectivity index (χ3n) is 4.04. The second-order valence-corrected chi connectivity index (χ2v) is 4.97. The Hall–Kier alpha value is -1.22. The molecule has 3 heteroatoms. The average Bonchev–Trinajstić information content (AvgIpc) is 2.31. The smallest absolute Gasteiger partial charge is 0.139 e. The Kier molecular flexibility index (Phi) is 2.28. The van der Waals surface area contributed by atoms with Gasteiger partial charge in [0, 0.05) is 12.1 Å². The Bertz CT molecular complexity index is 405. The van der Waals surface area contributed by atoms with Crippen LogP contribution in [0.15, 0.2) is 18.2 Å². The number of fused-ring (bicyclic) bond motifs is 2. The van der Waals surface area contributed by atoms with Crippen molar-refractivity contribution in [2.24, 2.45) is 11.7 Å². The summed E-state index contributed by atoms with van der Waals surface area (Å²) in [6.45, 7) is 0. The minimum Gasteiger partial charge on any atom is -0.506 e. The minimum atomic E-state index is 0.0775. The molecule has 3 unspecified atom stereocenters. The quantitative estimate of drug-likeness (QED) is 0.586. The Morgan fingerprint density at radius 1 is 1.25 bits per heavy atom.